The van der Waals surface area contributed by atoms with Crippen molar-refractivity contribution in [1.82, 2.24) is 0 Å². The average molecular weight is 475 g/mol. The minimum Gasteiger partial charge on any atom is -0.497 e. The van der Waals surface area contributed by atoms with Gasteiger partial charge < -0.3 is 24.3 Å². The van der Waals surface area contributed by atoms with Crippen LogP contribution in [0, 0.1) is 11.3 Å². The number of carbonyl (C=O) groups excluding carboxylic acids is 2. The Kier molecular flexibility index (Phi) is 8.68. The molecule has 0 spiro atoms. The number of benzene rings is 3. The number of anilines is 1. The third kappa shape index (κ3) is 6.74. The maximum absolute atomic E-state index is 12.6. The van der Waals surface area contributed by atoms with Crippen LogP contribution in [0.2, 0.25) is 0 Å². The van der Waals surface area contributed by atoms with Gasteiger partial charge in [0.1, 0.15) is 17.2 Å². The molecule has 0 fully saturated rings. The summed E-state index contributed by atoms with van der Waals surface area (Å²) in [4.78, 5) is 25.2. The van der Waals surface area contributed by atoms with Gasteiger partial charge in [-0.25, -0.2) is 4.79 Å². The highest BCUT2D eigenvalue weighted by molar-refractivity contribution is 5.97. The van der Waals surface area contributed by atoms with Crippen LogP contribution in [0.5, 0.6) is 17.2 Å². The highest BCUT2D eigenvalue weighted by Crippen LogP contribution is 2.30. The molecule has 1 unspecified atom stereocenters. The summed E-state index contributed by atoms with van der Waals surface area (Å²) in [6, 6.07) is 19.6. The van der Waals surface area contributed by atoms with Crippen molar-refractivity contribution in [2.24, 2.45) is 0 Å². The van der Waals surface area contributed by atoms with Crippen molar-refractivity contribution in [3.8, 4) is 23.3 Å². The number of carbonyl (C=O) groups is 2. The second-order valence-corrected chi connectivity index (χ2v) is 7.40. The molecule has 35 heavy (non-hydrogen) atoms. The molecule has 8 nitrogen and oxygen atoms in total. The average Bonchev–Trinajstić information content (AvgIpc) is 2.90. The van der Waals surface area contributed by atoms with Crippen LogP contribution < -0.4 is 19.5 Å². The van der Waals surface area contributed by atoms with Crippen molar-refractivity contribution < 1.29 is 28.5 Å². The highest BCUT2D eigenvalue weighted by Gasteiger charge is 2.23. The number of hydrogen-bond acceptors (Lipinski definition) is 8. The summed E-state index contributed by atoms with van der Waals surface area (Å²) >= 11 is 0. The molecular formula is C27H26N2O6. The van der Waals surface area contributed by atoms with Gasteiger partial charge in [-0.15, -0.1) is 0 Å². The Hall–Kier alpha value is -4.51. The number of rotatable bonds is 11. The number of hydrogen-bond donors (Lipinski definition) is 1. The Morgan fingerprint density at radius 2 is 1.57 bits per heavy atom. The summed E-state index contributed by atoms with van der Waals surface area (Å²) in [5, 5.41) is 12.1. The van der Waals surface area contributed by atoms with Crippen LogP contribution >= 0.6 is 0 Å². The summed E-state index contributed by atoms with van der Waals surface area (Å²) in [5.41, 5.74) is 2.14. The van der Waals surface area contributed by atoms with E-state index in [9.17, 15) is 9.59 Å². The number of methoxy groups -OCH3 is 2. The molecule has 0 bridgehead atoms. The number of esters is 1. The van der Waals surface area contributed by atoms with E-state index in [-0.39, 0.29) is 12.4 Å². The van der Waals surface area contributed by atoms with Gasteiger partial charge in [-0.1, -0.05) is 0 Å². The van der Waals surface area contributed by atoms with E-state index in [0.29, 0.717) is 46.2 Å². The van der Waals surface area contributed by atoms with Crippen LogP contribution in [0.1, 0.15) is 34.5 Å². The van der Waals surface area contributed by atoms with Crippen LogP contribution in [0.25, 0.3) is 0 Å². The smallest absolute Gasteiger partial charge is 0.332 e. The summed E-state index contributed by atoms with van der Waals surface area (Å²) < 4.78 is 21.5. The zero-order valence-electron chi connectivity index (χ0n) is 19.7. The number of Topliss-reactive ketones (excluding diaryl/α,β-unsaturated/α-hetero) is 1. The van der Waals surface area contributed by atoms with E-state index in [1.165, 1.54) is 7.11 Å². The second-order valence-electron chi connectivity index (χ2n) is 7.40. The van der Waals surface area contributed by atoms with Gasteiger partial charge in [0, 0.05) is 17.3 Å². The third-order valence-corrected chi connectivity index (χ3v) is 5.09. The van der Waals surface area contributed by atoms with Crippen molar-refractivity contribution in [1.29, 1.82) is 5.26 Å². The first kappa shape index (κ1) is 25.1. The molecule has 3 aromatic rings. The van der Waals surface area contributed by atoms with E-state index < -0.39 is 12.0 Å². The van der Waals surface area contributed by atoms with Crippen molar-refractivity contribution in [3.05, 3.63) is 83.4 Å². The van der Waals surface area contributed by atoms with Crippen LogP contribution in [0.4, 0.5) is 5.69 Å². The van der Waals surface area contributed by atoms with Gasteiger partial charge in [-0.3, -0.25) is 4.79 Å². The fraction of sp³-hybridized carbons (Fsp3) is 0.222. The number of nitriles is 1. The molecule has 0 saturated heterocycles. The van der Waals surface area contributed by atoms with Gasteiger partial charge >= 0.3 is 5.97 Å². The molecular weight excluding hydrogens is 448 g/mol. The van der Waals surface area contributed by atoms with Gasteiger partial charge in [-0.05, 0) is 73.2 Å². The molecule has 1 N–H and O–H groups in total. The van der Waals surface area contributed by atoms with Gasteiger partial charge in [0.2, 0.25) is 0 Å². The lowest BCUT2D eigenvalue weighted by Gasteiger charge is -2.20. The normalized spacial score (nSPS) is 11.0. The van der Waals surface area contributed by atoms with Crippen molar-refractivity contribution in [2.45, 2.75) is 13.0 Å². The topological polar surface area (TPSA) is 107 Å². The summed E-state index contributed by atoms with van der Waals surface area (Å²) in [6.07, 6.45) is 0. The Morgan fingerprint density at radius 1 is 0.914 bits per heavy atom. The minimum atomic E-state index is -0.881. The first-order valence-electron chi connectivity index (χ1n) is 10.9. The van der Waals surface area contributed by atoms with Crippen LogP contribution in [-0.4, -0.2) is 39.2 Å². The predicted molar refractivity (Wildman–Crippen MR) is 130 cm³/mol. The Balaban J connectivity index is 1.84. The van der Waals surface area contributed by atoms with E-state index in [4.69, 9.17) is 24.2 Å². The maximum atomic E-state index is 12.6. The Bertz CT molecular complexity index is 1200. The van der Waals surface area contributed by atoms with Gasteiger partial charge in [-0.2, -0.15) is 5.26 Å². The molecule has 180 valence electrons. The van der Waals surface area contributed by atoms with E-state index in [0.717, 1.165) is 0 Å². The lowest BCUT2D eigenvalue weighted by molar-refractivity contribution is -0.141. The van der Waals surface area contributed by atoms with Gasteiger partial charge in [0.05, 0.1) is 32.5 Å². The van der Waals surface area contributed by atoms with E-state index in [1.54, 1.807) is 73.8 Å². The third-order valence-electron chi connectivity index (χ3n) is 5.09. The fourth-order valence-electron chi connectivity index (χ4n) is 3.31. The molecule has 0 saturated carbocycles. The second kappa shape index (κ2) is 12.1. The quantitative estimate of drug-likeness (QED) is 0.319. The Morgan fingerprint density at radius 3 is 2.14 bits per heavy atom. The van der Waals surface area contributed by atoms with E-state index >= 15 is 0 Å². The fourth-order valence-corrected chi connectivity index (χ4v) is 3.31. The van der Waals surface area contributed by atoms with Gasteiger partial charge in [0.25, 0.3) is 0 Å². The molecule has 0 aliphatic carbocycles. The first-order valence-corrected chi connectivity index (χ1v) is 10.9. The standard InChI is InChI=1S/C27H26N2O6/c1-4-34-23-13-20(26(27(31)33-3)29-21-9-5-18(16-28)6-10-21)14-24(15-23)35-17-25(30)19-7-11-22(32-2)12-8-19/h5-15,26,29H,4,17H2,1-3H3. The molecule has 1 atom stereocenters. The van der Waals surface area contributed by atoms with Crippen LogP contribution in [0.3, 0.4) is 0 Å². The molecule has 0 radical (unpaired) electrons. The molecule has 0 amide bonds. The lowest BCUT2D eigenvalue weighted by Crippen LogP contribution is -2.22. The largest absolute Gasteiger partial charge is 0.497 e. The van der Waals surface area contributed by atoms with E-state index in [1.807, 2.05) is 6.92 Å². The SMILES string of the molecule is CCOc1cc(OCC(=O)c2ccc(OC)cc2)cc(C(Nc2ccc(C#N)cc2)C(=O)OC)c1. The lowest BCUT2D eigenvalue weighted by atomic mass is 10.0. The number of nitrogens with zero attached hydrogens (tertiary/aromatic N) is 1. The van der Waals surface area contributed by atoms with Gasteiger partial charge in [0.15, 0.2) is 18.4 Å². The van der Waals surface area contributed by atoms with Crippen LogP contribution in [0.15, 0.2) is 66.7 Å². The summed E-state index contributed by atoms with van der Waals surface area (Å²) in [7, 11) is 2.85. The molecule has 0 aromatic heterocycles. The maximum Gasteiger partial charge on any atom is 0.332 e. The van der Waals surface area contributed by atoms with Crippen molar-refractivity contribution in [2.75, 3.05) is 32.8 Å². The highest BCUT2D eigenvalue weighted by atomic mass is 16.5. The monoisotopic (exact) mass is 474 g/mol. The predicted octanol–water partition coefficient (Wildman–Crippen LogP) is 4.55. The zero-order valence-corrected chi connectivity index (χ0v) is 19.7. The molecule has 0 aliphatic rings. The first-order chi connectivity index (χ1) is 17.0. The molecule has 0 heterocycles. The summed E-state index contributed by atoms with van der Waals surface area (Å²) in [5.74, 6) is 0.760. The van der Waals surface area contributed by atoms with Crippen LogP contribution in [-0.2, 0) is 9.53 Å². The van der Waals surface area contributed by atoms with E-state index in [2.05, 4.69) is 11.4 Å². The molecule has 3 rings (SSSR count). The van der Waals surface area contributed by atoms with Crippen molar-refractivity contribution in [3.63, 3.8) is 0 Å². The summed E-state index contributed by atoms with van der Waals surface area (Å²) in [6.45, 7) is 2.04. The molecule has 0 aliphatic heterocycles. The number of ketones is 1. The molecule has 8 heteroatoms. The Labute approximate surface area is 204 Å². The minimum absolute atomic E-state index is 0.201. The zero-order chi connectivity index (χ0) is 25.2. The van der Waals surface area contributed by atoms with Crippen molar-refractivity contribution >= 4 is 17.4 Å². The number of ether oxygens (including phenoxy) is 4. The molecule has 3 aromatic carbocycles. The number of nitrogens with one attached hydrogen (secondary N) is 1.